The number of hydrogen-bond donors (Lipinski definition) is 2. The Morgan fingerprint density at radius 2 is 1.69 bits per heavy atom. The second-order valence-corrected chi connectivity index (χ2v) is 18.9. The first-order valence-corrected chi connectivity index (χ1v) is 23.7. The van der Waals surface area contributed by atoms with Crippen molar-refractivity contribution >= 4 is 22.3 Å². The van der Waals surface area contributed by atoms with Gasteiger partial charge in [0.2, 0.25) is 0 Å². The van der Waals surface area contributed by atoms with Crippen LogP contribution in [-0.4, -0.2) is 102 Å². The zero-order chi connectivity index (χ0) is 47.4. The molecule has 358 valence electrons. The average molecular weight is 934 g/mol. The number of pyridine rings is 1. The average Bonchev–Trinajstić information content (AvgIpc) is 3.82. The number of aromatic nitrogens is 3. The van der Waals surface area contributed by atoms with Gasteiger partial charge in [-0.15, -0.1) is 0 Å². The van der Waals surface area contributed by atoms with E-state index in [9.17, 15) is 22.4 Å². The molecule has 2 saturated heterocycles. The number of nitrogens with zero attached hydrogens (tertiary/aromatic N) is 5. The smallest absolute Gasteiger partial charge is 0.406 e. The van der Waals surface area contributed by atoms with Gasteiger partial charge in [-0.25, -0.2) is 4.39 Å². The highest BCUT2D eigenvalue weighted by atomic mass is 19.4. The lowest BCUT2D eigenvalue weighted by atomic mass is 9.85. The zero-order valence-corrected chi connectivity index (χ0v) is 38.8. The van der Waals surface area contributed by atoms with E-state index in [0.29, 0.717) is 54.5 Å². The Bertz CT molecular complexity index is 2780. The van der Waals surface area contributed by atoms with Crippen LogP contribution in [0.2, 0.25) is 0 Å². The normalized spacial score (nSPS) is 20.4. The topological polar surface area (TPSA) is 102 Å². The third-order valence-corrected chi connectivity index (χ3v) is 13.5. The molecule has 2 atom stereocenters. The van der Waals surface area contributed by atoms with E-state index in [1.54, 1.807) is 34.9 Å². The molecule has 11 nitrogen and oxygen atoms in total. The summed E-state index contributed by atoms with van der Waals surface area (Å²) in [5, 5.41) is 11.2. The molecule has 3 aliphatic rings. The zero-order valence-electron chi connectivity index (χ0n) is 38.8. The number of alkyl halides is 4. The van der Waals surface area contributed by atoms with Crippen LogP contribution in [0.4, 0.5) is 28.9 Å². The van der Waals surface area contributed by atoms with Crippen LogP contribution in [0.25, 0.3) is 22.0 Å². The SMILES string of the molecule is Cc1noc(C)c1-c1ccc(=O)n(Cc2cccc(OCC3CN(CC4CCC(Oc5ccc(NCC#Cc6cc7c(NC8CCN(C)CC8F)cccc7n6CC(F)(F)F)cc5)CC4)C3)c2)c1. The maximum absolute atomic E-state index is 14.9. The number of halogens is 4. The lowest BCUT2D eigenvalue weighted by Crippen LogP contribution is -2.51. The van der Waals surface area contributed by atoms with Gasteiger partial charge in [-0.2, -0.15) is 13.2 Å². The van der Waals surface area contributed by atoms with E-state index in [0.717, 1.165) is 97.2 Å². The van der Waals surface area contributed by atoms with Crippen molar-refractivity contribution in [1.82, 2.24) is 24.1 Å². The molecule has 3 fully saturated rings. The Morgan fingerprint density at radius 3 is 2.44 bits per heavy atom. The fourth-order valence-electron chi connectivity index (χ4n) is 9.98. The van der Waals surface area contributed by atoms with E-state index >= 15 is 0 Å². The molecule has 3 aromatic carbocycles. The van der Waals surface area contributed by atoms with Crippen molar-refractivity contribution in [2.45, 2.75) is 83.5 Å². The summed E-state index contributed by atoms with van der Waals surface area (Å²) < 4.78 is 77.0. The van der Waals surface area contributed by atoms with Crippen molar-refractivity contribution in [3.63, 3.8) is 0 Å². The van der Waals surface area contributed by atoms with Crippen LogP contribution >= 0.6 is 0 Å². The molecule has 0 bridgehead atoms. The summed E-state index contributed by atoms with van der Waals surface area (Å²) in [5.74, 6) is 9.41. The number of ether oxygens (including phenoxy) is 2. The molecule has 0 spiro atoms. The van der Waals surface area contributed by atoms with E-state index in [4.69, 9.17) is 14.0 Å². The lowest BCUT2D eigenvalue weighted by molar-refractivity contribution is -0.140. The number of rotatable bonds is 15. The maximum atomic E-state index is 14.9. The van der Waals surface area contributed by atoms with Gasteiger partial charge >= 0.3 is 6.18 Å². The monoisotopic (exact) mass is 933 g/mol. The van der Waals surface area contributed by atoms with Crippen molar-refractivity contribution in [2.24, 2.45) is 11.8 Å². The molecule has 68 heavy (non-hydrogen) atoms. The van der Waals surface area contributed by atoms with Crippen LogP contribution in [0.5, 0.6) is 11.5 Å². The number of likely N-dealkylation sites (tertiary alicyclic amines) is 2. The van der Waals surface area contributed by atoms with Crippen molar-refractivity contribution in [1.29, 1.82) is 0 Å². The minimum absolute atomic E-state index is 0.0750. The quantitative estimate of drug-likeness (QED) is 0.0771. The van der Waals surface area contributed by atoms with Gasteiger partial charge in [0.1, 0.15) is 30.0 Å². The highest BCUT2D eigenvalue weighted by molar-refractivity contribution is 5.94. The summed E-state index contributed by atoms with van der Waals surface area (Å²) in [6.07, 6.45) is 1.34. The number of piperidine rings is 1. The number of benzene rings is 3. The summed E-state index contributed by atoms with van der Waals surface area (Å²) >= 11 is 0. The third kappa shape index (κ3) is 11.5. The van der Waals surface area contributed by atoms with Gasteiger partial charge in [0.15, 0.2) is 0 Å². The molecule has 0 amide bonds. The number of fused-ring (bicyclic) bond motifs is 1. The molecule has 2 unspecified atom stereocenters. The summed E-state index contributed by atoms with van der Waals surface area (Å²) in [4.78, 5) is 17.2. The van der Waals surface area contributed by atoms with Crippen molar-refractivity contribution in [3.05, 3.63) is 124 Å². The maximum Gasteiger partial charge on any atom is 0.406 e. The van der Waals surface area contributed by atoms with Crippen LogP contribution in [-0.2, 0) is 13.1 Å². The fraction of sp³-hybridized carbons (Fsp3) is 0.434. The van der Waals surface area contributed by atoms with Gasteiger partial charge in [0.05, 0.1) is 48.7 Å². The minimum atomic E-state index is -4.45. The first kappa shape index (κ1) is 46.9. The summed E-state index contributed by atoms with van der Waals surface area (Å²) in [5.41, 5.74) is 5.59. The Labute approximate surface area is 394 Å². The minimum Gasteiger partial charge on any atom is -0.493 e. The molecule has 5 heterocycles. The Morgan fingerprint density at radius 1 is 0.897 bits per heavy atom. The van der Waals surface area contributed by atoms with Gasteiger partial charge in [-0.05, 0) is 131 Å². The molecule has 3 aromatic heterocycles. The van der Waals surface area contributed by atoms with E-state index in [1.165, 1.54) is 4.57 Å². The molecule has 0 radical (unpaired) electrons. The van der Waals surface area contributed by atoms with E-state index in [1.807, 2.05) is 86.6 Å². The van der Waals surface area contributed by atoms with Gasteiger partial charge in [0.25, 0.3) is 5.56 Å². The standard InChI is InChI=1S/C53H59F4N7O4/c1-35-52(36(2)68-60-35)40-14-21-51(65)63(31-40)30-38-7-4-9-45(25-38)66-33-39-28-62(29-39)27-37-12-17-43(18-13-37)67-44-19-15-41(16-20-44)58-23-6-8-42-26-46-48(59-49-22-24-61(3)32-47(49)54)10-5-11-50(46)64(42)34-53(55,56)57/h4-5,7,9-11,14-16,19-21,25-26,31,37,39,43,47,49,58-59H,12-13,17-18,22-24,27-30,32-34H2,1-3H3. The van der Waals surface area contributed by atoms with Crippen LogP contribution < -0.4 is 25.7 Å². The lowest BCUT2D eigenvalue weighted by Gasteiger charge is -2.42. The highest BCUT2D eigenvalue weighted by Crippen LogP contribution is 2.34. The highest BCUT2D eigenvalue weighted by Gasteiger charge is 2.33. The fourth-order valence-corrected chi connectivity index (χ4v) is 9.98. The van der Waals surface area contributed by atoms with Crippen molar-refractivity contribution < 1.29 is 31.6 Å². The van der Waals surface area contributed by atoms with Crippen molar-refractivity contribution in [2.75, 3.05) is 63.6 Å². The summed E-state index contributed by atoms with van der Waals surface area (Å²) in [6, 6.07) is 25.5. The van der Waals surface area contributed by atoms with Crippen LogP contribution in [0, 0.1) is 37.5 Å². The first-order chi connectivity index (χ1) is 32.8. The van der Waals surface area contributed by atoms with Gasteiger partial charge in [-0.1, -0.05) is 29.3 Å². The summed E-state index contributed by atoms with van der Waals surface area (Å²) in [7, 11) is 1.88. The molecule has 6 aromatic rings. The molecule has 9 rings (SSSR count). The van der Waals surface area contributed by atoms with E-state index in [2.05, 4.69) is 32.5 Å². The Kier molecular flexibility index (Phi) is 14.2. The Balaban J connectivity index is 0.694. The predicted molar refractivity (Wildman–Crippen MR) is 257 cm³/mol. The van der Waals surface area contributed by atoms with Crippen LogP contribution in [0.3, 0.4) is 0 Å². The first-order valence-electron chi connectivity index (χ1n) is 23.7. The second kappa shape index (κ2) is 20.5. The molecule has 1 saturated carbocycles. The molecule has 1 aliphatic carbocycles. The molecule has 2 aliphatic heterocycles. The molecule has 2 N–H and O–H groups in total. The Hall–Kier alpha value is -6.24. The third-order valence-electron chi connectivity index (χ3n) is 13.5. The van der Waals surface area contributed by atoms with Gasteiger partial charge in [-0.3, -0.25) is 4.79 Å². The number of nitrogens with one attached hydrogen (secondary N) is 2. The molecular formula is C53H59F4N7O4. The van der Waals surface area contributed by atoms with Crippen LogP contribution in [0.1, 0.15) is 54.8 Å². The second-order valence-electron chi connectivity index (χ2n) is 18.9. The molecule has 15 heteroatoms. The van der Waals surface area contributed by atoms with Gasteiger partial charge < -0.3 is 43.6 Å². The van der Waals surface area contributed by atoms with Gasteiger partial charge in [0, 0.05) is 78.8 Å². The van der Waals surface area contributed by atoms with E-state index in [-0.39, 0.29) is 23.9 Å². The number of hydrogen-bond acceptors (Lipinski definition) is 9. The largest absolute Gasteiger partial charge is 0.493 e. The molecular weight excluding hydrogens is 875 g/mol. The summed E-state index contributed by atoms with van der Waals surface area (Å²) in [6.45, 7) is 8.09. The van der Waals surface area contributed by atoms with Crippen molar-refractivity contribution in [3.8, 4) is 34.5 Å². The predicted octanol–water partition coefficient (Wildman–Crippen LogP) is 9.55. The number of anilines is 2. The van der Waals surface area contributed by atoms with E-state index < -0.39 is 24.9 Å². The van der Waals surface area contributed by atoms with Crippen LogP contribution in [0.15, 0.2) is 100 Å². The number of aryl methyl sites for hydroxylation is 2.